The lowest BCUT2D eigenvalue weighted by Crippen LogP contribution is -2.27. The second kappa shape index (κ2) is 6.50. The van der Waals surface area contributed by atoms with Gasteiger partial charge in [0.15, 0.2) is 0 Å². The predicted octanol–water partition coefficient (Wildman–Crippen LogP) is 3.63. The zero-order valence-corrected chi connectivity index (χ0v) is 11.9. The maximum Gasteiger partial charge on any atom is 0.266 e. The van der Waals surface area contributed by atoms with Gasteiger partial charge in [-0.15, -0.1) is 6.58 Å². The SMILES string of the molecule is C=CCN1C(=O)/C(=C/C=C/c2ccccc2)SC1=S. The summed E-state index contributed by atoms with van der Waals surface area (Å²) >= 11 is 6.49. The summed E-state index contributed by atoms with van der Waals surface area (Å²) in [5, 5.41) is 0. The summed E-state index contributed by atoms with van der Waals surface area (Å²) in [4.78, 5) is 14.2. The highest BCUT2D eigenvalue weighted by Crippen LogP contribution is 2.30. The van der Waals surface area contributed by atoms with E-state index in [4.69, 9.17) is 12.2 Å². The lowest BCUT2D eigenvalue weighted by Gasteiger charge is -2.10. The Hall–Kier alpha value is -1.65. The van der Waals surface area contributed by atoms with E-state index in [0.29, 0.717) is 15.8 Å². The van der Waals surface area contributed by atoms with Crippen molar-refractivity contribution in [1.29, 1.82) is 0 Å². The summed E-state index contributed by atoms with van der Waals surface area (Å²) in [6.07, 6.45) is 7.30. The van der Waals surface area contributed by atoms with Gasteiger partial charge in [-0.25, -0.2) is 0 Å². The maximum absolute atomic E-state index is 12.0. The van der Waals surface area contributed by atoms with E-state index in [1.54, 1.807) is 17.1 Å². The zero-order chi connectivity index (χ0) is 13.7. The highest BCUT2D eigenvalue weighted by Gasteiger charge is 2.30. The number of hydrogen-bond acceptors (Lipinski definition) is 3. The van der Waals surface area contributed by atoms with Crippen LogP contribution in [0.1, 0.15) is 5.56 Å². The Morgan fingerprint density at radius 2 is 2.05 bits per heavy atom. The first-order chi connectivity index (χ1) is 9.22. The first-order valence-electron chi connectivity index (χ1n) is 5.80. The van der Waals surface area contributed by atoms with Gasteiger partial charge in [-0.3, -0.25) is 9.69 Å². The van der Waals surface area contributed by atoms with Gasteiger partial charge >= 0.3 is 0 Å². The Morgan fingerprint density at radius 3 is 2.74 bits per heavy atom. The molecule has 96 valence electrons. The summed E-state index contributed by atoms with van der Waals surface area (Å²) < 4.78 is 0.587. The number of hydrogen-bond donors (Lipinski definition) is 0. The zero-order valence-electron chi connectivity index (χ0n) is 10.3. The van der Waals surface area contributed by atoms with E-state index < -0.39 is 0 Å². The second-order valence-electron chi connectivity index (χ2n) is 3.87. The van der Waals surface area contributed by atoms with Gasteiger partial charge in [-0.05, 0) is 11.6 Å². The number of carbonyl (C=O) groups excluding carboxylic acids is 1. The van der Waals surface area contributed by atoms with Crippen molar-refractivity contribution in [3.05, 3.63) is 65.6 Å². The first-order valence-corrected chi connectivity index (χ1v) is 7.03. The van der Waals surface area contributed by atoms with Gasteiger partial charge in [-0.2, -0.15) is 0 Å². The van der Waals surface area contributed by atoms with E-state index >= 15 is 0 Å². The normalized spacial score (nSPS) is 17.7. The van der Waals surface area contributed by atoms with Crippen LogP contribution in [0.4, 0.5) is 0 Å². The molecule has 0 bridgehead atoms. The Balaban J connectivity index is 2.09. The summed E-state index contributed by atoms with van der Waals surface area (Å²) in [7, 11) is 0. The lowest BCUT2D eigenvalue weighted by atomic mass is 10.2. The third kappa shape index (κ3) is 3.43. The van der Waals surface area contributed by atoms with Gasteiger partial charge in [0.1, 0.15) is 4.32 Å². The maximum atomic E-state index is 12.0. The van der Waals surface area contributed by atoms with Crippen LogP contribution in [0, 0.1) is 0 Å². The van der Waals surface area contributed by atoms with Crippen molar-refractivity contribution in [2.45, 2.75) is 0 Å². The highest BCUT2D eigenvalue weighted by atomic mass is 32.2. The van der Waals surface area contributed by atoms with Crippen LogP contribution in [0.2, 0.25) is 0 Å². The summed E-state index contributed by atoms with van der Waals surface area (Å²) in [5.74, 6) is -0.0485. The van der Waals surface area contributed by atoms with E-state index in [9.17, 15) is 4.79 Å². The molecule has 1 aliphatic heterocycles. The average molecular weight is 287 g/mol. The van der Waals surface area contributed by atoms with Crippen LogP contribution in [0.25, 0.3) is 6.08 Å². The molecule has 0 saturated carbocycles. The molecule has 0 unspecified atom stereocenters. The Bertz CT molecular complexity index is 561. The van der Waals surface area contributed by atoms with Crippen LogP contribution in [-0.4, -0.2) is 21.7 Å². The van der Waals surface area contributed by atoms with Gasteiger partial charge in [0, 0.05) is 6.54 Å². The van der Waals surface area contributed by atoms with Crippen LogP contribution in [-0.2, 0) is 4.79 Å². The fourth-order valence-electron chi connectivity index (χ4n) is 1.61. The third-order valence-corrected chi connectivity index (χ3v) is 3.92. The van der Waals surface area contributed by atoms with Crippen LogP contribution < -0.4 is 0 Å². The monoisotopic (exact) mass is 287 g/mol. The van der Waals surface area contributed by atoms with Gasteiger partial charge in [0.25, 0.3) is 5.91 Å². The quantitative estimate of drug-likeness (QED) is 0.479. The molecular weight excluding hydrogens is 274 g/mol. The van der Waals surface area contributed by atoms with Crippen LogP contribution in [0.15, 0.2) is 60.0 Å². The molecule has 2 rings (SSSR count). The summed E-state index contributed by atoms with van der Waals surface area (Å²) in [6.45, 7) is 4.09. The number of carbonyl (C=O) groups is 1. The lowest BCUT2D eigenvalue weighted by molar-refractivity contribution is -0.121. The van der Waals surface area contributed by atoms with Crippen LogP contribution in [0.5, 0.6) is 0 Å². The number of benzene rings is 1. The first kappa shape index (κ1) is 13.8. The molecule has 1 aromatic carbocycles. The van der Waals surface area contributed by atoms with Gasteiger partial charge in [-0.1, -0.05) is 72.5 Å². The molecule has 1 amide bonds. The van der Waals surface area contributed by atoms with Crippen molar-refractivity contribution in [2.75, 3.05) is 6.54 Å². The van der Waals surface area contributed by atoms with Crippen LogP contribution in [0.3, 0.4) is 0 Å². The summed E-state index contributed by atoms with van der Waals surface area (Å²) in [6, 6.07) is 9.94. The van der Waals surface area contributed by atoms with Crippen molar-refractivity contribution in [1.82, 2.24) is 4.90 Å². The smallest absolute Gasteiger partial charge is 0.266 e. The number of thioether (sulfide) groups is 1. The van der Waals surface area contributed by atoms with Crippen molar-refractivity contribution >= 4 is 40.3 Å². The second-order valence-corrected chi connectivity index (χ2v) is 5.55. The fourth-order valence-corrected chi connectivity index (χ4v) is 2.84. The molecule has 1 fully saturated rings. The summed E-state index contributed by atoms with van der Waals surface area (Å²) in [5.41, 5.74) is 1.10. The molecule has 0 spiro atoms. The molecule has 0 radical (unpaired) electrons. The number of nitrogens with zero attached hydrogens (tertiary/aromatic N) is 1. The van der Waals surface area contributed by atoms with Crippen molar-refractivity contribution < 1.29 is 4.79 Å². The van der Waals surface area contributed by atoms with Crippen molar-refractivity contribution in [3.8, 4) is 0 Å². The molecule has 1 saturated heterocycles. The molecule has 2 nitrogen and oxygen atoms in total. The van der Waals surface area contributed by atoms with Crippen molar-refractivity contribution in [3.63, 3.8) is 0 Å². The van der Waals surface area contributed by atoms with Crippen LogP contribution >= 0.6 is 24.0 Å². The van der Waals surface area contributed by atoms with Gasteiger partial charge in [0.05, 0.1) is 4.91 Å². The van der Waals surface area contributed by atoms with Gasteiger partial charge in [0.2, 0.25) is 0 Å². The number of amides is 1. The molecule has 0 aromatic heterocycles. The molecule has 0 aliphatic carbocycles. The largest absolute Gasteiger partial charge is 0.289 e. The van der Waals surface area contributed by atoms with E-state index in [0.717, 1.165) is 5.56 Å². The predicted molar refractivity (Wildman–Crippen MR) is 85.7 cm³/mol. The minimum atomic E-state index is -0.0485. The molecule has 1 aliphatic rings. The van der Waals surface area contributed by atoms with E-state index in [2.05, 4.69) is 6.58 Å². The molecule has 0 atom stereocenters. The number of thiocarbonyl (C=S) groups is 1. The van der Waals surface area contributed by atoms with Crippen molar-refractivity contribution in [2.24, 2.45) is 0 Å². The molecule has 1 heterocycles. The third-order valence-electron chi connectivity index (χ3n) is 2.52. The molecule has 4 heteroatoms. The fraction of sp³-hybridized carbons (Fsp3) is 0.0667. The average Bonchev–Trinajstić information content (AvgIpc) is 2.68. The molecular formula is C15H13NOS2. The number of rotatable bonds is 4. The van der Waals surface area contributed by atoms with Gasteiger partial charge < -0.3 is 0 Å². The Labute approximate surface area is 122 Å². The Kier molecular flexibility index (Phi) is 4.71. The van der Waals surface area contributed by atoms with E-state index in [1.165, 1.54) is 11.8 Å². The molecule has 19 heavy (non-hydrogen) atoms. The highest BCUT2D eigenvalue weighted by molar-refractivity contribution is 8.26. The van der Waals surface area contributed by atoms with E-state index in [-0.39, 0.29) is 5.91 Å². The number of allylic oxidation sites excluding steroid dienone is 2. The minimum absolute atomic E-state index is 0.0485. The standard InChI is InChI=1S/C15H13NOS2/c1-2-11-16-14(17)13(19-15(16)18)10-6-9-12-7-4-3-5-8-12/h2-10H,1,11H2/b9-6+,13-10-. The topological polar surface area (TPSA) is 20.3 Å². The van der Waals surface area contributed by atoms with E-state index in [1.807, 2.05) is 42.5 Å². The molecule has 1 aromatic rings. The molecule has 0 N–H and O–H groups in total. The Morgan fingerprint density at radius 1 is 1.32 bits per heavy atom. The minimum Gasteiger partial charge on any atom is -0.289 e.